The first-order chi connectivity index (χ1) is 7.83. The molecule has 0 amide bonds. The van der Waals surface area contributed by atoms with E-state index < -0.39 is 0 Å². The Hall–Kier alpha value is -0.630. The van der Waals surface area contributed by atoms with Gasteiger partial charge in [0, 0.05) is 0 Å². The monoisotopic (exact) mass is 245 g/mol. The average Bonchev–Trinajstić information content (AvgIpc) is 2.27. The zero-order valence-electron chi connectivity index (χ0n) is 13.2. The highest BCUT2D eigenvalue weighted by molar-refractivity contribution is 5.63. The van der Waals surface area contributed by atoms with E-state index in [1.165, 1.54) is 38.8 Å². The van der Waals surface area contributed by atoms with E-state index in [-0.39, 0.29) is 0 Å². The van der Waals surface area contributed by atoms with Crippen LogP contribution in [-0.2, 0) is 4.79 Å². The zero-order valence-corrected chi connectivity index (χ0v) is 13.2. The minimum absolute atomic E-state index is 0.500. The summed E-state index contributed by atoms with van der Waals surface area (Å²) in [7, 11) is 1.50. The SMILES string of the molecule is C=CC=O.CC(C)(C)C.CCCCCC.CN. The molecule has 0 aliphatic rings. The van der Waals surface area contributed by atoms with Crippen molar-refractivity contribution in [3.8, 4) is 0 Å². The number of nitrogens with two attached hydrogens (primary N) is 1. The average molecular weight is 245 g/mol. The van der Waals surface area contributed by atoms with E-state index in [4.69, 9.17) is 4.79 Å². The predicted molar refractivity (Wildman–Crippen MR) is 81.3 cm³/mol. The second-order valence-corrected chi connectivity index (χ2v) is 5.08. The van der Waals surface area contributed by atoms with E-state index in [1.807, 2.05) is 0 Å². The second-order valence-electron chi connectivity index (χ2n) is 5.08. The molecule has 106 valence electrons. The van der Waals surface area contributed by atoms with Crippen LogP contribution in [0, 0.1) is 5.41 Å². The number of rotatable bonds is 4. The van der Waals surface area contributed by atoms with Crippen LogP contribution in [0.3, 0.4) is 0 Å². The number of carbonyl (C=O) groups is 1. The highest BCUT2D eigenvalue weighted by atomic mass is 16.1. The Morgan fingerprint density at radius 1 is 1.00 bits per heavy atom. The molecule has 2 heteroatoms. The summed E-state index contributed by atoms with van der Waals surface area (Å²) in [5.41, 5.74) is 5.00. The van der Waals surface area contributed by atoms with E-state index in [9.17, 15) is 0 Å². The molecule has 0 radical (unpaired) electrons. The van der Waals surface area contributed by atoms with Crippen molar-refractivity contribution in [3.05, 3.63) is 12.7 Å². The van der Waals surface area contributed by atoms with Crippen molar-refractivity contribution in [2.45, 2.75) is 67.2 Å². The molecule has 0 heterocycles. The van der Waals surface area contributed by atoms with Crippen LogP contribution in [0.25, 0.3) is 0 Å². The zero-order chi connectivity index (χ0) is 14.7. The second kappa shape index (κ2) is 24.6. The lowest BCUT2D eigenvalue weighted by Gasteiger charge is -2.05. The maximum absolute atomic E-state index is 9.06. The molecule has 0 rings (SSSR count). The molecule has 0 aliphatic heterocycles. The topological polar surface area (TPSA) is 43.1 Å². The van der Waals surface area contributed by atoms with Crippen LogP contribution in [0.5, 0.6) is 0 Å². The van der Waals surface area contributed by atoms with Crippen LogP contribution in [0.4, 0.5) is 0 Å². The molecule has 0 bridgehead atoms. The summed E-state index contributed by atoms with van der Waals surface area (Å²) in [5, 5.41) is 0. The smallest absolute Gasteiger partial charge is 0.142 e. The maximum Gasteiger partial charge on any atom is 0.142 e. The number of allylic oxidation sites excluding steroid dienone is 1. The lowest BCUT2D eigenvalue weighted by Crippen LogP contribution is -1.93. The molecule has 2 nitrogen and oxygen atoms in total. The molecule has 0 atom stereocenters. The van der Waals surface area contributed by atoms with Gasteiger partial charge in [0.2, 0.25) is 0 Å². The van der Waals surface area contributed by atoms with Gasteiger partial charge in [0.1, 0.15) is 6.29 Å². The van der Waals surface area contributed by atoms with Gasteiger partial charge in [0.15, 0.2) is 0 Å². The molecule has 0 aromatic rings. The van der Waals surface area contributed by atoms with Gasteiger partial charge in [-0.2, -0.15) is 0 Å². The van der Waals surface area contributed by atoms with Crippen LogP contribution in [0.1, 0.15) is 67.2 Å². The fourth-order valence-corrected chi connectivity index (χ4v) is 0.500. The van der Waals surface area contributed by atoms with Crippen molar-refractivity contribution in [1.29, 1.82) is 0 Å². The van der Waals surface area contributed by atoms with Crippen molar-refractivity contribution in [1.82, 2.24) is 0 Å². The molecule has 0 fully saturated rings. The first-order valence-corrected chi connectivity index (χ1v) is 6.47. The first kappa shape index (κ1) is 25.3. The summed E-state index contributed by atoms with van der Waals surface area (Å²) >= 11 is 0. The van der Waals surface area contributed by atoms with Crippen LogP contribution < -0.4 is 5.73 Å². The van der Waals surface area contributed by atoms with E-state index >= 15 is 0 Å². The van der Waals surface area contributed by atoms with Gasteiger partial charge in [-0.25, -0.2) is 0 Å². The molecule has 17 heavy (non-hydrogen) atoms. The van der Waals surface area contributed by atoms with Crippen molar-refractivity contribution in [3.63, 3.8) is 0 Å². The molecule has 0 spiro atoms. The summed E-state index contributed by atoms with van der Waals surface area (Å²) in [6.45, 7) is 16.3. The third kappa shape index (κ3) is 242. The van der Waals surface area contributed by atoms with Gasteiger partial charge in [-0.1, -0.05) is 73.8 Å². The molecule has 0 aliphatic carbocycles. The quantitative estimate of drug-likeness (QED) is 0.447. The summed E-state index contributed by atoms with van der Waals surface area (Å²) < 4.78 is 0. The Kier molecular flexibility index (Phi) is 36.5. The lowest BCUT2D eigenvalue weighted by molar-refractivity contribution is -0.104. The molecule has 0 saturated carbocycles. The van der Waals surface area contributed by atoms with Gasteiger partial charge in [-0.05, 0) is 18.5 Å². The Morgan fingerprint density at radius 3 is 1.24 bits per heavy atom. The van der Waals surface area contributed by atoms with Crippen molar-refractivity contribution in [2.24, 2.45) is 11.1 Å². The number of aldehydes is 1. The number of hydrogen-bond acceptors (Lipinski definition) is 2. The van der Waals surface area contributed by atoms with E-state index in [0.717, 1.165) is 0 Å². The maximum atomic E-state index is 9.06. The van der Waals surface area contributed by atoms with Crippen LogP contribution >= 0.6 is 0 Å². The van der Waals surface area contributed by atoms with Crippen molar-refractivity contribution >= 4 is 6.29 Å². The molecule has 0 saturated heterocycles. The van der Waals surface area contributed by atoms with E-state index in [1.54, 1.807) is 0 Å². The largest absolute Gasteiger partial charge is 0.333 e. The summed E-state index contributed by atoms with van der Waals surface area (Å²) in [5.74, 6) is 0. The Morgan fingerprint density at radius 2 is 1.18 bits per heavy atom. The van der Waals surface area contributed by atoms with Crippen LogP contribution in [0.15, 0.2) is 12.7 Å². The minimum atomic E-state index is 0.500. The van der Waals surface area contributed by atoms with Gasteiger partial charge in [0.25, 0.3) is 0 Å². The summed E-state index contributed by atoms with van der Waals surface area (Å²) in [4.78, 5) is 9.06. The Balaban J connectivity index is -0.0000000705. The number of hydrogen-bond donors (Lipinski definition) is 1. The third-order valence-corrected chi connectivity index (χ3v) is 1.05. The van der Waals surface area contributed by atoms with Crippen LogP contribution in [0.2, 0.25) is 0 Å². The van der Waals surface area contributed by atoms with Gasteiger partial charge in [-0.3, -0.25) is 4.79 Å². The fraction of sp³-hybridized carbons (Fsp3) is 0.800. The van der Waals surface area contributed by atoms with Crippen molar-refractivity contribution < 1.29 is 4.79 Å². The molecule has 0 aromatic carbocycles. The standard InChI is InChI=1S/C6H14.C5H12.C3H4O.CH5N/c1-3-5-6-4-2;1-5(2,3)4;1-2-3-4;1-2/h3-6H2,1-2H3;1-4H3;2-3H,1H2;2H2,1H3. The van der Waals surface area contributed by atoms with Gasteiger partial charge in [0.05, 0.1) is 0 Å². The third-order valence-electron chi connectivity index (χ3n) is 1.05. The molecule has 2 N–H and O–H groups in total. The lowest BCUT2D eigenvalue weighted by atomic mass is 10.0. The minimum Gasteiger partial charge on any atom is -0.333 e. The number of carbonyl (C=O) groups excluding carboxylic acids is 1. The highest BCUT2D eigenvalue weighted by Gasteiger charge is 1.95. The highest BCUT2D eigenvalue weighted by Crippen LogP contribution is 2.08. The van der Waals surface area contributed by atoms with Crippen LogP contribution in [-0.4, -0.2) is 13.3 Å². The summed E-state index contributed by atoms with van der Waals surface area (Å²) in [6.07, 6.45) is 7.37. The summed E-state index contributed by atoms with van der Waals surface area (Å²) in [6, 6.07) is 0. The van der Waals surface area contributed by atoms with E-state index in [0.29, 0.717) is 11.7 Å². The normalized spacial score (nSPS) is 8.24. The molecular formula is C15H35NO. The van der Waals surface area contributed by atoms with Gasteiger partial charge >= 0.3 is 0 Å². The predicted octanol–water partition coefficient (Wildman–Crippen LogP) is 4.59. The molecule has 0 unspecified atom stereocenters. The van der Waals surface area contributed by atoms with Gasteiger partial charge < -0.3 is 5.73 Å². The van der Waals surface area contributed by atoms with Gasteiger partial charge in [-0.15, -0.1) is 0 Å². The fourth-order valence-electron chi connectivity index (χ4n) is 0.500. The van der Waals surface area contributed by atoms with E-state index in [2.05, 4.69) is 53.9 Å². The first-order valence-electron chi connectivity index (χ1n) is 6.47. The molecular weight excluding hydrogens is 210 g/mol. The molecule has 0 aromatic heterocycles. The Labute approximate surface area is 110 Å². The van der Waals surface area contributed by atoms with Crippen molar-refractivity contribution in [2.75, 3.05) is 7.05 Å². The number of unbranched alkanes of at least 4 members (excludes halogenated alkanes) is 3. The Bertz CT molecular complexity index is 109.